The number of carbonyl (C=O) groups excluding carboxylic acids is 1. The molecule has 0 unspecified atom stereocenters. The van der Waals surface area contributed by atoms with Crippen molar-refractivity contribution >= 4 is 38.4 Å². The van der Waals surface area contributed by atoms with Gasteiger partial charge in [0.2, 0.25) is 5.91 Å². The molecular weight excluding hydrogens is 356 g/mol. The fourth-order valence-corrected chi connectivity index (χ4v) is 2.71. The first-order valence-corrected chi connectivity index (χ1v) is 7.98. The lowest BCUT2D eigenvalue weighted by molar-refractivity contribution is -0.121. The number of nitrogens with one attached hydrogen (secondary N) is 1. The van der Waals surface area contributed by atoms with Crippen LogP contribution in [0.1, 0.15) is 5.56 Å². The number of rotatable bonds is 5. The van der Waals surface area contributed by atoms with Crippen LogP contribution >= 0.6 is 15.9 Å². The highest BCUT2D eigenvalue weighted by Crippen LogP contribution is 2.28. The van der Waals surface area contributed by atoms with Crippen LogP contribution < -0.4 is 5.32 Å². The summed E-state index contributed by atoms with van der Waals surface area (Å²) in [6, 6.07) is 17.3. The molecule has 0 atom stereocenters. The van der Waals surface area contributed by atoms with Gasteiger partial charge in [0.05, 0.1) is 17.8 Å². The van der Waals surface area contributed by atoms with Gasteiger partial charge < -0.3 is 10.1 Å². The molecule has 2 aromatic carbocycles. The summed E-state index contributed by atoms with van der Waals surface area (Å²) in [7, 11) is 0. The van der Waals surface area contributed by atoms with Crippen LogP contribution in [0.3, 0.4) is 0 Å². The fourth-order valence-electron chi connectivity index (χ4n) is 2.26. The number of benzene rings is 2. The minimum Gasteiger partial charge on any atom is -0.367 e. The van der Waals surface area contributed by atoms with E-state index in [1.165, 1.54) is 0 Å². The summed E-state index contributed by atoms with van der Waals surface area (Å²) in [4.78, 5) is 16.4. The summed E-state index contributed by atoms with van der Waals surface area (Å²) in [5, 5.41) is 3.81. The molecule has 1 heterocycles. The van der Waals surface area contributed by atoms with Crippen LogP contribution in [-0.2, 0) is 16.1 Å². The number of ether oxygens (including phenoxy) is 1. The van der Waals surface area contributed by atoms with Crippen molar-refractivity contribution in [2.24, 2.45) is 0 Å². The van der Waals surface area contributed by atoms with Gasteiger partial charge in [0, 0.05) is 16.1 Å². The lowest BCUT2D eigenvalue weighted by Gasteiger charge is -2.09. The van der Waals surface area contributed by atoms with E-state index in [0.717, 1.165) is 20.9 Å². The van der Waals surface area contributed by atoms with Gasteiger partial charge in [-0.15, -0.1) is 0 Å². The highest BCUT2D eigenvalue weighted by atomic mass is 79.9. The first-order valence-electron chi connectivity index (χ1n) is 7.19. The molecule has 5 heteroatoms. The van der Waals surface area contributed by atoms with Crippen LogP contribution in [0.5, 0.6) is 0 Å². The third-order valence-electron chi connectivity index (χ3n) is 3.34. The van der Waals surface area contributed by atoms with E-state index in [1.807, 2.05) is 54.6 Å². The minimum absolute atomic E-state index is 0.000709. The van der Waals surface area contributed by atoms with Gasteiger partial charge in [0.1, 0.15) is 6.61 Å². The van der Waals surface area contributed by atoms with Crippen molar-refractivity contribution < 1.29 is 9.53 Å². The van der Waals surface area contributed by atoms with Crippen molar-refractivity contribution in [2.45, 2.75) is 6.61 Å². The smallest absolute Gasteiger partial charge is 0.250 e. The molecule has 3 aromatic rings. The molecule has 0 radical (unpaired) electrons. The average molecular weight is 371 g/mol. The molecule has 3 rings (SSSR count). The maximum absolute atomic E-state index is 12.1. The molecule has 116 valence electrons. The molecule has 23 heavy (non-hydrogen) atoms. The normalized spacial score (nSPS) is 10.7. The van der Waals surface area contributed by atoms with Crippen molar-refractivity contribution in [2.75, 3.05) is 11.9 Å². The Morgan fingerprint density at radius 2 is 1.91 bits per heavy atom. The van der Waals surface area contributed by atoms with Crippen LogP contribution in [0, 0.1) is 0 Å². The van der Waals surface area contributed by atoms with Crippen molar-refractivity contribution in [1.29, 1.82) is 0 Å². The number of nitrogens with zero attached hydrogens (tertiary/aromatic N) is 1. The number of hydrogen-bond donors (Lipinski definition) is 1. The van der Waals surface area contributed by atoms with Crippen molar-refractivity contribution in [3.63, 3.8) is 0 Å². The summed E-state index contributed by atoms with van der Waals surface area (Å²) in [5.74, 6) is -0.199. The van der Waals surface area contributed by atoms with Gasteiger partial charge in [-0.3, -0.25) is 9.78 Å². The maximum Gasteiger partial charge on any atom is 0.250 e. The minimum atomic E-state index is -0.199. The number of anilines is 1. The van der Waals surface area contributed by atoms with E-state index in [-0.39, 0.29) is 12.5 Å². The lowest BCUT2D eigenvalue weighted by Crippen LogP contribution is -2.18. The number of carbonyl (C=O) groups is 1. The zero-order valence-electron chi connectivity index (χ0n) is 12.3. The Kier molecular flexibility index (Phi) is 5.00. The van der Waals surface area contributed by atoms with Crippen LogP contribution in [0.2, 0.25) is 0 Å². The molecule has 0 aliphatic carbocycles. The fraction of sp³-hybridized carbons (Fsp3) is 0.111. The second-order valence-electron chi connectivity index (χ2n) is 5.02. The van der Waals surface area contributed by atoms with Gasteiger partial charge in [0.15, 0.2) is 0 Å². The van der Waals surface area contributed by atoms with Crippen LogP contribution in [0.15, 0.2) is 65.3 Å². The molecule has 0 saturated carbocycles. The van der Waals surface area contributed by atoms with Crippen LogP contribution in [0.4, 0.5) is 5.69 Å². The van der Waals surface area contributed by atoms with Crippen molar-refractivity contribution in [1.82, 2.24) is 4.98 Å². The van der Waals surface area contributed by atoms with Gasteiger partial charge in [-0.05, 0) is 23.8 Å². The van der Waals surface area contributed by atoms with Crippen molar-refractivity contribution in [3.8, 4) is 0 Å². The SMILES string of the molecule is O=C(COCc1ccccc1)Nc1ccc(Br)c2cccnc12. The van der Waals surface area contributed by atoms with E-state index in [9.17, 15) is 4.79 Å². The highest BCUT2D eigenvalue weighted by molar-refractivity contribution is 9.10. The third-order valence-corrected chi connectivity index (χ3v) is 4.03. The van der Waals surface area contributed by atoms with Gasteiger partial charge >= 0.3 is 0 Å². The van der Waals surface area contributed by atoms with Crippen molar-refractivity contribution in [3.05, 3.63) is 70.8 Å². The number of amides is 1. The second-order valence-corrected chi connectivity index (χ2v) is 5.88. The largest absolute Gasteiger partial charge is 0.367 e. The number of aromatic nitrogens is 1. The quantitative estimate of drug-likeness (QED) is 0.733. The Balaban J connectivity index is 1.63. The van der Waals surface area contributed by atoms with Crippen LogP contribution in [-0.4, -0.2) is 17.5 Å². The van der Waals surface area contributed by atoms with Gasteiger partial charge in [-0.2, -0.15) is 0 Å². The molecule has 4 nitrogen and oxygen atoms in total. The van der Waals surface area contributed by atoms with Crippen LogP contribution in [0.25, 0.3) is 10.9 Å². The molecule has 0 aliphatic heterocycles. The number of pyridine rings is 1. The maximum atomic E-state index is 12.1. The monoisotopic (exact) mass is 370 g/mol. The molecule has 0 fully saturated rings. The predicted octanol–water partition coefficient (Wildman–Crippen LogP) is 4.15. The Morgan fingerprint density at radius 1 is 1.09 bits per heavy atom. The zero-order chi connectivity index (χ0) is 16.1. The highest BCUT2D eigenvalue weighted by Gasteiger charge is 2.09. The Morgan fingerprint density at radius 3 is 2.74 bits per heavy atom. The Hall–Kier alpha value is -2.24. The first-order chi connectivity index (χ1) is 11.2. The molecule has 0 saturated heterocycles. The Bertz CT molecular complexity index is 822. The number of halogens is 1. The van der Waals surface area contributed by atoms with E-state index in [0.29, 0.717) is 12.3 Å². The summed E-state index contributed by atoms with van der Waals surface area (Å²) >= 11 is 3.49. The number of fused-ring (bicyclic) bond motifs is 1. The van der Waals surface area contributed by atoms with E-state index in [4.69, 9.17) is 4.74 Å². The topological polar surface area (TPSA) is 51.2 Å². The summed E-state index contributed by atoms with van der Waals surface area (Å²) in [6.07, 6.45) is 1.70. The second kappa shape index (κ2) is 7.35. The number of hydrogen-bond acceptors (Lipinski definition) is 3. The van der Waals surface area contributed by atoms with Gasteiger partial charge in [0.25, 0.3) is 0 Å². The molecular formula is C18H15BrN2O2. The van der Waals surface area contributed by atoms with E-state index >= 15 is 0 Å². The lowest BCUT2D eigenvalue weighted by atomic mass is 10.2. The van der Waals surface area contributed by atoms with Gasteiger partial charge in [-0.25, -0.2) is 0 Å². The van der Waals surface area contributed by atoms with Gasteiger partial charge in [-0.1, -0.05) is 52.3 Å². The molecule has 0 spiro atoms. The predicted molar refractivity (Wildman–Crippen MR) is 94.2 cm³/mol. The summed E-state index contributed by atoms with van der Waals surface area (Å²) in [5.41, 5.74) is 2.46. The van der Waals surface area contributed by atoms with E-state index in [2.05, 4.69) is 26.2 Å². The average Bonchev–Trinajstić information content (AvgIpc) is 2.59. The molecule has 1 N–H and O–H groups in total. The molecule has 1 aromatic heterocycles. The Labute approximate surface area is 142 Å². The standard InChI is InChI=1S/C18H15BrN2O2/c19-15-8-9-16(18-14(15)7-4-10-20-18)21-17(22)12-23-11-13-5-2-1-3-6-13/h1-10H,11-12H2,(H,21,22). The molecule has 0 bridgehead atoms. The molecule has 0 aliphatic rings. The first kappa shape index (κ1) is 15.6. The van der Waals surface area contributed by atoms with E-state index in [1.54, 1.807) is 6.20 Å². The zero-order valence-corrected chi connectivity index (χ0v) is 13.9. The summed E-state index contributed by atoms with van der Waals surface area (Å²) < 4.78 is 6.39. The molecule has 1 amide bonds. The third kappa shape index (κ3) is 3.94. The van der Waals surface area contributed by atoms with E-state index < -0.39 is 0 Å². The summed E-state index contributed by atoms with van der Waals surface area (Å²) in [6.45, 7) is 0.410.